The van der Waals surface area contributed by atoms with Gasteiger partial charge in [-0.3, -0.25) is 0 Å². The largest absolute Gasteiger partial charge is 0.399 e. The normalized spacial score (nSPS) is 13.7. The van der Waals surface area contributed by atoms with Crippen LogP contribution in [0.25, 0.3) is 0 Å². The molecule has 2 unspecified atom stereocenters. The number of nitrogen functional groups attached to an aromatic ring is 1. The van der Waals surface area contributed by atoms with Crippen molar-refractivity contribution in [1.82, 2.24) is 5.32 Å². The molecule has 0 aliphatic heterocycles. The van der Waals surface area contributed by atoms with E-state index in [2.05, 4.69) is 24.1 Å². The standard InChI is InChI=1S/C18H33N3O2/c1-3-5-17(22)13-20-11-12-21(14-18(23)6-4-2)16-9-7-15(19)8-10-16/h7-10,17-18,20,22-23H,3-6,11-14,19H2,1-2H3. The molecule has 5 heteroatoms. The fourth-order valence-electron chi connectivity index (χ4n) is 2.61. The molecular formula is C18H33N3O2. The second kappa shape index (κ2) is 11.3. The number of nitrogens with zero attached hydrogens (tertiary/aromatic N) is 1. The predicted octanol–water partition coefficient (Wildman–Crippen LogP) is 1.99. The number of rotatable bonds is 12. The van der Waals surface area contributed by atoms with Gasteiger partial charge in [-0.2, -0.15) is 0 Å². The molecule has 0 saturated carbocycles. The van der Waals surface area contributed by atoms with Gasteiger partial charge in [0, 0.05) is 37.6 Å². The van der Waals surface area contributed by atoms with E-state index >= 15 is 0 Å². The number of anilines is 2. The molecule has 0 bridgehead atoms. The summed E-state index contributed by atoms with van der Waals surface area (Å²) in [7, 11) is 0. The minimum atomic E-state index is -0.330. The lowest BCUT2D eigenvalue weighted by Gasteiger charge is -2.28. The Kier molecular flexibility index (Phi) is 9.67. The van der Waals surface area contributed by atoms with Gasteiger partial charge >= 0.3 is 0 Å². The fraction of sp³-hybridized carbons (Fsp3) is 0.667. The lowest BCUT2D eigenvalue weighted by Crippen LogP contribution is -2.39. The van der Waals surface area contributed by atoms with Crippen molar-refractivity contribution in [2.24, 2.45) is 0 Å². The summed E-state index contributed by atoms with van der Waals surface area (Å²) < 4.78 is 0. The van der Waals surface area contributed by atoms with Crippen LogP contribution < -0.4 is 16.0 Å². The van der Waals surface area contributed by atoms with Crippen LogP contribution in [0, 0.1) is 0 Å². The minimum Gasteiger partial charge on any atom is -0.399 e. The maximum absolute atomic E-state index is 10.1. The van der Waals surface area contributed by atoms with Gasteiger partial charge in [-0.05, 0) is 37.1 Å². The monoisotopic (exact) mass is 323 g/mol. The van der Waals surface area contributed by atoms with Crippen molar-refractivity contribution in [3.63, 3.8) is 0 Å². The first-order valence-electron chi connectivity index (χ1n) is 8.74. The number of aliphatic hydroxyl groups is 2. The molecule has 1 rings (SSSR count). The Hall–Kier alpha value is -1.30. The molecule has 0 radical (unpaired) electrons. The first-order valence-corrected chi connectivity index (χ1v) is 8.74. The molecule has 1 aromatic rings. The topological polar surface area (TPSA) is 81.8 Å². The van der Waals surface area contributed by atoms with E-state index in [0.29, 0.717) is 13.1 Å². The molecule has 0 saturated heterocycles. The second-order valence-electron chi connectivity index (χ2n) is 6.13. The van der Waals surface area contributed by atoms with Crippen molar-refractivity contribution in [1.29, 1.82) is 0 Å². The Morgan fingerprint density at radius 3 is 2.26 bits per heavy atom. The van der Waals surface area contributed by atoms with E-state index in [1.54, 1.807) is 0 Å². The summed E-state index contributed by atoms with van der Waals surface area (Å²) in [6.07, 6.45) is 2.97. The predicted molar refractivity (Wildman–Crippen MR) is 97.8 cm³/mol. The molecule has 1 aromatic carbocycles. The summed E-state index contributed by atoms with van der Waals surface area (Å²) in [6, 6.07) is 7.74. The number of hydrogen-bond acceptors (Lipinski definition) is 5. The van der Waals surface area contributed by atoms with Crippen molar-refractivity contribution in [2.75, 3.05) is 36.8 Å². The van der Waals surface area contributed by atoms with Crippen molar-refractivity contribution < 1.29 is 10.2 Å². The van der Waals surface area contributed by atoms with Gasteiger partial charge in [0.1, 0.15) is 0 Å². The van der Waals surface area contributed by atoms with Gasteiger partial charge in [-0.1, -0.05) is 26.7 Å². The number of aliphatic hydroxyl groups excluding tert-OH is 2. The molecule has 0 heterocycles. The van der Waals surface area contributed by atoms with Crippen LogP contribution in [-0.2, 0) is 0 Å². The smallest absolute Gasteiger partial charge is 0.0715 e. The van der Waals surface area contributed by atoms with Gasteiger partial charge in [-0.25, -0.2) is 0 Å². The van der Waals surface area contributed by atoms with Gasteiger partial charge in [0.2, 0.25) is 0 Å². The summed E-state index contributed by atoms with van der Waals surface area (Å²) in [6.45, 7) is 6.92. The van der Waals surface area contributed by atoms with E-state index < -0.39 is 0 Å². The highest BCUT2D eigenvalue weighted by Gasteiger charge is 2.12. The van der Waals surface area contributed by atoms with Crippen molar-refractivity contribution in [3.8, 4) is 0 Å². The van der Waals surface area contributed by atoms with E-state index in [1.165, 1.54) is 0 Å². The Morgan fingerprint density at radius 2 is 1.65 bits per heavy atom. The number of nitrogens with two attached hydrogens (primary N) is 1. The molecule has 2 atom stereocenters. The van der Waals surface area contributed by atoms with Crippen LogP contribution in [0.5, 0.6) is 0 Å². The zero-order valence-electron chi connectivity index (χ0n) is 14.5. The molecule has 0 spiro atoms. The average Bonchev–Trinajstić information content (AvgIpc) is 2.51. The highest BCUT2D eigenvalue weighted by Crippen LogP contribution is 2.17. The van der Waals surface area contributed by atoms with Gasteiger partial charge in [0.25, 0.3) is 0 Å². The van der Waals surface area contributed by atoms with Crippen LogP contribution in [0.2, 0.25) is 0 Å². The third-order valence-electron chi connectivity index (χ3n) is 3.87. The van der Waals surface area contributed by atoms with Crippen LogP contribution in [0.1, 0.15) is 39.5 Å². The summed E-state index contributed by atoms with van der Waals surface area (Å²) in [5, 5.41) is 23.2. The van der Waals surface area contributed by atoms with Crippen molar-refractivity contribution in [3.05, 3.63) is 24.3 Å². The van der Waals surface area contributed by atoms with Gasteiger partial charge < -0.3 is 26.2 Å². The molecule has 0 aliphatic rings. The minimum absolute atomic E-state index is 0.282. The van der Waals surface area contributed by atoms with Crippen LogP contribution in [0.15, 0.2) is 24.3 Å². The maximum Gasteiger partial charge on any atom is 0.0715 e. The quantitative estimate of drug-likeness (QED) is 0.349. The molecule has 5 nitrogen and oxygen atoms in total. The fourth-order valence-corrected chi connectivity index (χ4v) is 2.61. The highest BCUT2D eigenvalue weighted by molar-refractivity contribution is 5.53. The zero-order valence-corrected chi connectivity index (χ0v) is 14.5. The van der Waals surface area contributed by atoms with Crippen LogP contribution in [-0.4, -0.2) is 48.6 Å². The summed E-state index contributed by atoms with van der Waals surface area (Å²) >= 11 is 0. The van der Waals surface area contributed by atoms with E-state index in [1.807, 2.05) is 24.3 Å². The van der Waals surface area contributed by atoms with Crippen LogP contribution in [0.4, 0.5) is 11.4 Å². The molecule has 23 heavy (non-hydrogen) atoms. The molecule has 5 N–H and O–H groups in total. The summed E-state index contributed by atoms with van der Waals surface area (Å²) in [4.78, 5) is 2.17. The van der Waals surface area contributed by atoms with E-state index in [-0.39, 0.29) is 12.2 Å². The van der Waals surface area contributed by atoms with Gasteiger partial charge in [-0.15, -0.1) is 0 Å². The molecule has 132 valence electrons. The zero-order chi connectivity index (χ0) is 17.1. The van der Waals surface area contributed by atoms with Crippen molar-refractivity contribution >= 4 is 11.4 Å². The van der Waals surface area contributed by atoms with Crippen molar-refractivity contribution in [2.45, 2.75) is 51.7 Å². The third-order valence-corrected chi connectivity index (χ3v) is 3.87. The second-order valence-corrected chi connectivity index (χ2v) is 6.13. The third kappa shape index (κ3) is 8.21. The van der Waals surface area contributed by atoms with E-state index in [9.17, 15) is 10.2 Å². The Balaban J connectivity index is 2.52. The number of benzene rings is 1. The van der Waals surface area contributed by atoms with E-state index in [0.717, 1.165) is 50.1 Å². The molecule has 0 amide bonds. The molecule has 0 fully saturated rings. The molecule has 0 aliphatic carbocycles. The Labute approximate surface area is 140 Å². The highest BCUT2D eigenvalue weighted by atomic mass is 16.3. The van der Waals surface area contributed by atoms with Gasteiger partial charge in [0.15, 0.2) is 0 Å². The van der Waals surface area contributed by atoms with Crippen LogP contribution >= 0.6 is 0 Å². The summed E-state index contributed by atoms with van der Waals surface area (Å²) in [5.41, 5.74) is 7.55. The molecule has 0 aromatic heterocycles. The van der Waals surface area contributed by atoms with Crippen LogP contribution in [0.3, 0.4) is 0 Å². The molecular weight excluding hydrogens is 290 g/mol. The number of hydrogen-bond donors (Lipinski definition) is 4. The van der Waals surface area contributed by atoms with E-state index in [4.69, 9.17) is 5.73 Å². The Morgan fingerprint density at radius 1 is 1.04 bits per heavy atom. The lowest BCUT2D eigenvalue weighted by molar-refractivity contribution is 0.159. The first-order chi connectivity index (χ1) is 11.1. The maximum atomic E-state index is 10.1. The lowest BCUT2D eigenvalue weighted by atomic mass is 10.1. The summed E-state index contributed by atoms with van der Waals surface area (Å²) in [5.74, 6) is 0. The van der Waals surface area contributed by atoms with Gasteiger partial charge in [0.05, 0.1) is 12.2 Å². The Bertz CT molecular complexity index is 411. The first kappa shape index (κ1) is 19.7. The SMILES string of the molecule is CCCC(O)CNCCN(CC(O)CCC)c1ccc(N)cc1. The number of nitrogens with one attached hydrogen (secondary N) is 1. The average molecular weight is 323 g/mol.